The van der Waals surface area contributed by atoms with E-state index in [9.17, 15) is 4.79 Å². The smallest absolute Gasteiger partial charge is 0.410 e. The van der Waals surface area contributed by atoms with E-state index in [4.69, 9.17) is 9.47 Å². The lowest BCUT2D eigenvalue weighted by atomic mass is 9.64. The van der Waals surface area contributed by atoms with Crippen molar-refractivity contribution in [2.75, 3.05) is 19.7 Å². The Hall–Kier alpha value is -0.810. The number of hydrogen-bond acceptors (Lipinski definition) is 4. The predicted octanol–water partition coefficient (Wildman–Crippen LogP) is 2.79. The molecule has 2 aliphatic rings. The molecule has 0 bridgehead atoms. The van der Waals surface area contributed by atoms with Crippen molar-refractivity contribution in [3.05, 3.63) is 0 Å². The van der Waals surface area contributed by atoms with Crippen LogP contribution in [0.3, 0.4) is 0 Å². The van der Waals surface area contributed by atoms with Gasteiger partial charge in [0.1, 0.15) is 5.60 Å². The molecule has 0 radical (unpaired) electrons. The number of nitrogens with zero attached hydrogens (tertiary/aromatic N) is 1. The van der Waals surface area contributed by atoms with Gasteiger partial charge in [-0.3, -0.25) is 0 Å². The van der Waals surface area contributed by atoms with Crippen LogP contribution < -0.4 is 5.32 Å². The zero-order valence-electron chi connectivity index (χ0n) is 14.9. The molecule has 2 rings (SSSR count). The highest BCUT2D eigenvalue weighted by Gasteiger charge is 2.49. The molecule has 1 saturated carbocycles. The molecule has 3 unspecified atom stereocenters. The third-order valence-corrected chi connectivity index (χ3v) is 4.82. The standard InChI is InChI=1S/C17H32N2O3/c1-7-21-14-10-13(17(14,5)6)18-12-8-9-19(11-12)15(20)22-16(2,3)4/h12-14,18H,7-11H2,1-6H3. The topological polar surface area (TPSA) is 50.8 Å². The Morgan fingerprint density at radius 2 is 2.05 bits per heavy atom. The lowest BCUT2D eigenvalue weighted by Gasteiger charge is -2.52. The number of likely N-dealkylation sites (tertiary alicyclic amines) is 1. The third kappa shape index (κ3) is 3.93. The summed E-state index contributed by atoms with van der Waals surface area (Å²) in [6.45, 7) is 14.6. The highest BCUT2D eigenvalue weighted by atomic mass is 16.6. The maximum Gasteiger partial charge on any atom is 0.410 e. The van der Waals surface area contributed by atoms with Gasteiger partial charge in [0.2, 0.25) is 0 Å². The van der Waals surface area contributed by atoms with Crippen molar-refractivity contribution in [1.29, 1.82) is 0 Å². The molecular formula is C17H32N2O3. The largest absolute Gasteiger partial charge is 0.444 e. The van der Waals surface area contributed by atoms with Crippen LogP contribution in [0.1, 0.15) is 54.4 Å². The first kappa shape index (κ1) is 17.5. The van der Waals surface area contributed by atoms with Crippen LogP contribution in [0.25, 0.3) is 0 Å². The number of amides is 1. The molecule has 1 heterocycles. The van der Waals surface area contributed by atoms with Crippen LogP contribution in [0.2, 0.25) is 0 Å². The highest BCUT2D eigenvalue weighted by Crippen LogP contribution is 2.43. The lowest BCUT2D eigenvalue weighted by Crippen LogP contribution is -2.63. The fraction of sp³-hybridized carbons (Fsp3) is 0.941. The molecule has 5 heteroatoms. The van der Waals surface area contributed by atoms with E-state index in [0.29, 0.717) is 18.2 Å². The Balaban J connectivity index is 1.79. The van der Waals surface area contributed by atoms with E-state index in [-0.39, 0.29) is 11.5 Å². The highest BCUT2D eigenvalue weighted by molar-refractivity contribution is 5.68. The fourth-order valence-electron chi connectivity index (χ4n) is 3.33. The summed E-state index contributed by atoms with van der Waals surface area (Å²) in [7, 11) is 0. The molecule has 1 aliphatic carbocycles. The lowest BCUT2D eigenvalue weighted by molar-refractivity contribution is -0.116. The van der Waals surface area contributed by atoms with E-state index in [1.807, 2.05) is 32.6 Å². The zero-order chi connectivity index (χ0) is 16.5. The van der Waals surface area contributed by atoms with Crippen molar-refractivity contribution in [2.24, 2.45) is 5.41 Å². The quantitative estimate of drug-likeness (QED) is 0.867. The number of hydrogen-bond donors (Lipinski definition) is 1. The van der Waals surface area contributed by atoms with Gasteiger partial charge in [-0.2, -0.15) is 0 Å². The Morgan fingerprint density at radius 3 is 2.59 bits per heavy atom. The van der Waals surface area contributed by atoms with Crippen LogP contribution in [0, 0.1) is 5.41 Å². The summed E-state index contributed by atoms with van der Waals surface area (Å²) in [6.07, 6.45) is 2.20. The van der Waals surface area contributed by atoms with Gasteiger partial charge in [0.05, 0.1) is 6.10 Å². The van der Waals surface area contributed by atoms with Crippen molar-refractivity contribution in [3.63, 3.8) is 0 Å². The van der Waals surface area contributed by atoms with Crippen LogP contribution in [-0.2, 0) is 9.47 Å². The molecule has 2 fully saturated rings. The summed E-state index contributed by atoms with van der Waals surface area (Å²) in [5, 5.41) is 3.71. The van der Waals surface area contributed by atoms with Crippen LogP contribution in [0.5, 0.6) is 0 Å². The molecule has 0 aromatic heterocycles. The van der Waals surface area contributed by atoms with Crippen LogP contribution in [0.4, 0.5) is 4.79 Å². The minimum Gasteiger partial charge on any atom is -0.444 e. The third-order valence-electron chi connectivity index (χ3n) is 4.82. The monoisotopic (exact) mass is 312 g/mol. The molecular weight excluding hydrogens is 280 g/mol. The molecule has 1 aliphatic heterocycles. The van der Waals surface area contributed by atoms with Crippen molar-refractivity contribution in [3.8, 4) is 0 Å². The number of rotatable bonds is 4. The van der Waals surface area contributed by atoms with Gasteiger partial charge < -0.3 is 19.7 Å². The van der Waals surface area contributed by atoms with Gasteiger partial charge in [-0.1, -0.05) is 13.8 Å². The van der Waals surface area contributed by atoms with Gasteiger partial charge in [0, 0.05) is 37.2 Å². The average Bonchev–Trinajstić information content (AvgIpc) is 2.84. The molecule has 0 spiro atoms. The summed E-state index contributed by atoms with van der Waals surface area (Å²) in [5.74, 6) is 0. The molecule has 1 amide bonds. The van der Waals surface area contributed by atoms with E-state index in [1.54, 1.807) is 0 Å². The van der Waals surface area contributed by atoms with Crippen molar-refractivity contribution in [1.82, 2.24) is 10.2 Å². The van der Waals surface area contributed by atoms with E-state index >= 15 is 0 Å². The second kappa shape index (κ2) is 6.36. The molecule has 22 heavy (non-hydrogen) atoms. The van der Waals surface area contributed by atoms with E-state index < -0.39 is 5.60 Å². The van der Waals surface area contributed by atoms with Crippen molar-refractivity contribution < 1.29 is 14.3 Å². The first-order valence-corrected chi connectivity index (χ1v) is 8.49. The second-order valence-electron chi connectivity index (χ2n) is 8.13. The maximum absolute atomic E-state index is 12.1. The van der Waals surface area contributed by atoms with Crippen molar-refractivity contribution in [2.45, 2.75) is 78.2 Å². The van der Waals surface area contributed by atoms with Gasteiger partial charge in [0.15, 0.2) is 0 Å². The molecule has 0 aromatic carbocycles. The van der Waals surface area contributed by atoms with E-state index in [2.05, 4.69) is 19.2 Å². The summed E-state index contributed by atoms with van der Waals surface area (Å²) in [4.78, 5) is 13.9. The van der Waals surface area contributed by atoms with Crippen LogP contribution in [0.15, 0.2) is 0 Å². The van der Waals surface area contributed by atoms with Gasteiger partial charge in [-0.25, -0.2) is 4.79 Å². The molecule has 128 valence electrons. The van der Waals surface area contributed by atoms with Gasteiger partial charge >= 0.3 is 6.09 Å². The van der Waals surface area contributed by atoms with E-state index in [0.717, 1.165) is 32.5 Å². The molecule has 0 aromatic rings. The minimum absolute atomic E-state index is 0.162. The minimum atomic E-state index is -0.427. The van der Waals surface area contributed by atoms with Gasteiger partial charge in [-0.05, 0) is 40.5 Å². The summed E-state index contributed by atoms with van der Waals surface area (Å²) < 4.78 is 11.2. The maximum atomic E-state index is 12.1. The first-order chi connectivity index (χ1) is 10.1. The number of carbonyl (C=O) groups excluding carboxylic acids is 1. The Kier molecular flexibility index (Phi) is 5.07. The predicted molar refractivity (Wildman–Crippen MR) is 86.9 cm³/mol. The van der Waals surface area contributed by atoms with Gasteiger partial charge in [-0.15, -0.1) is 0 Å². The normalized spacial score (nSPS) is 31.0. The number of nitrogens with one attached hydrogen (secondary N) is 1. The average molecular weight is 312 g/mol. The zero-order valence-corrected chi connectivity index (χ0v) is 14.9. The molecule has 1 saturated heterocycles. The van der Waals surface area contributed by atoms with Crippen LogP contribution in [-0.4, -0.2) is 54.5 Å². The van der Waals surface area contributed by atoms with Crippen molar-refractivity contribution >= 4 is 6.09 Å². The molecule has 1 N–H and O–H groups in total. The summed E-state index contributed by atoms with van der Waals surface area (Å²) in [6, 6.07) is 0.826. The number of ether oxygens (including phenoxy) is 2. The summed E-state index contributed by atoms with van der Waals surface area (Å²) >= 11 is 0. The van der Waals surface area contributed by atoms with Gasteiger partial charge in [0.25, 0.3) is 0 Å². The SMILES string of the molecule is CCOC1CC(NC2CCN(C(=O)OC(C)(C)C)C2)C1(C)C. The van der Waals surface area contributed by atoms with Crippen LogP contribution >= 0.6 is 0 Å². The first-order valence-electron chi connectivity index (χ1n) is 8.49. The Morgan fingerprint density at radius 1 is 1.36 bits per heavy atom. The molecule has 5 nitrogen and oxygen atoms in total. The number of carbonyl (C=O) groups is 1. The summed E-state index contributed by atoms with van der Waals surface area (Å²) in [5.41, 5.74) is -0.265. The second-order valence-corrected chi connectivity index (χ2v) is 8.13. The molecule has 3 atom stereocenters. The Labute approximate surface area is 134 Å². The Bertz CT molecular complexity index is 403. The van der Waals surface area contributed by atoms with E-state index in [1.165, 1.54) is 0 Å². The fourth-order valence-corrected chi connectivity index (χ4v) is 3.33.